The summed E-state index contributed by atoms with van der Waals surface area (Å²) in [5, 5.41) is 16.8. The average Bonchev–Trinajstić information content (AvgIpc) is 2.97. The molecule has 0 aromatic carbocycles. The van der Waals surface area contributed by atoms with Crippen LogP contribution in [0.15, 0.2) is 6.07 Å². The van der Waals surface area contributed by atoms with E-state index in [4.69, 9.17) is 0 Å². The highest BCUT2D eigenvalue weighted by molar-refractivity contribution is 5.78. The van der Waals surface area contributed by atoms with E-state index < -0.39 is 0 Å². The first-order valence-corrected chi connectivity index (χ1v) is 9.17. The van der Waals surface area contributed by atoms with Crippen molar-refractivity contribution in [3.8, 4) is 0 Å². The van der Waals surface area contributed by atoms with E-state index in [1.54, 1.807) is 4.52 Å². The van der Waals surface area contributed by atoms with Crippen molar-refractivity contribution in [3.05, 3.63) is 23.3 Å². The number of rotatable bonds is 6. The Hall–Kier alpha value is -2.02. The van der Waals surface area contributed by atoms with Crippen LogP contribution in [0.5, 0.6) is 0 Å². The van der Waals surface area contributed by atoms with Crippen molar-refractivity contribution in [3.63, 3.8) is 0 Å². The molecule has 25 heavy (non-hydrogen) atoms. The van der Waals surface area contributed by atoms with Crippen molar-refractivity contribution in [1.82, 2.24) is 24.9 Å². The Labute approximate surface area is 147 Å². The summed E-state index contributed by atoms with van der Waals surface area (Å²) in [5.41, 5.74) is 1.83. The summed E-state index contributed by atoms with van der Waals surface area (Å²) in [6, 6.07) is 1.98. The minimum Gasteiger partial charge on any atom is -0.396 e. The van der Waals surface area contributed by atoms with E-state index in [1.807, 2.05) is 19.9 Å². The van der Waals surface area contributed by atoms with Crippen molar-refractivity contribution >= 4 is 11.7 Å². The predicted octanol–water partition coefficient (Wildman–Crippen LogP) is 1.73. The molecule has 2 N–H and O–H groups in total. The fourth-order valence-electron chi connectivity index (χ4n) is 3.79. The molecule has 0 saturated heterocycles. The number of carbonyl (C=O) groups excluding carboxylic acids is 1. The molecule has 0 spiro atoms. The molecule has 1 aliphatic carbocycles. The SMILES string of the molecule is Cc1cc(C)n2nc(CC(=O)NC(CCO)C3CCCCC3)nc2n1. The van der Waals surface area contributed by atoms with Crippen LogP contribution in [0.1, 0.15) is 55.7 Å². The number of hydrogen-bond acceptors (Lipinski definition) is 5. The number of aliphatic hydroxyl groups is 1. The van der Waals surface area contributed by atoms with Crippen LogP contribution in [0.25, 0.3) is 5.78 Å². The van der Waals surface area contributed by atoms with Gasteiger partial charge in [0.05, 0.1) is 6.42 Å². The zero-order valence-electron chi connectivity index (χ0n) is 15.0. The lowest BCUT2D eigenvalue weighted by molar-refractivity contribution is -0.121. The Balaban J connectivity index is 1.67. The van der Waals surface area contributed by atoms with E-state index in [-0.39, 0.29) is 25.0 Å². The molecule has 2 aromatic heterocycles. The molecule has 2 aromatic rings. The first kappa shape index (κ1) is 17.8. The Morgan fingerprint density at radius 2 is 2.08 bits per heavy atom. The van der Waals surface area contributed by atoms with Gasteiger partial charge in [-0.3, -0.25) is 4.79 Å². The molecule has 0 aliphatic heterocycles. The van der Waals surface area contributed by atoms with Gasteiger partial charge in [-0.2, -0.15) is 4.98 Å². The second kappa shape index (κ2) is 7.91. The number of fused-ring (bicyclic) bond motifs is 1. The Morgan fingerprint density at radius 1 is 1.32 bits per heavy atom. The summed E-state index contributed by atoms with van der Waals surface area (Å²) in [6.07, 6.45) is 6.68. The molecule has 1 saturated carbocycles. The van der Waals surface area contributed by atoms with E-state index in [0.29, 0.717) is 23.9 Å². The molecule has 1 atom stereocenters. The van der Waals surface area contributed by atoms with E-state index >= 15 is 0 Å². The van der Waals surface area contributed by atoms with Crippen molar-refractivity contribution < 1.29 is 9.90 Å². The van der Waals surface area contributed by atoms with Crippen LogP contribution < -0.4 is 5.32 Å². The monoisotopic (exact) mass is 345 g/mol. The predicted molar refractivity (Wildman–Crippen MR) is 94.2 cm³/mol. The topological polar surface area (TPSA) is 92.4 Å². The fourth-order valence-corrected chi connectivity index (χ4v) is 3.79. The van der Waals surface area contributed by atoms with Crippen LogP contribution in [0.3, 0.4) is 0 Å². The van der Waals surface area contributed by atoms with Gasteiger partial charge in [0.1, 0.15) is 0 Å². The van der Waals surface area contributed by atoms with Gasteiger partial charge < -0.3 is 10.4 Å². The number of aliphatic hydroxyl groups excluding tert-OH is 1. The van der Waals surface area contributed by atoms with Crippen LogP contribution in [0.2, 0.25) is 0 Å². The second-order valence-electron chi connectivity index (χ2n) is 7.04. The highest BCUT2D eigenvalue weighted by Gasteiger charge is 2.25. The Morgan fingerprint density at radius 3 is 2.80 bits per heavy atom. The molecule has 0 bridgehead atoms. The smallest absolute Gasteiger partial charge is 0.252 e. The van der Waals surface area contributed by atoms with E-state index in [2.05, 4.69) is 20.4 Å². The molecule has 136 valence electrons. The number of aryl methyl sites for hydroxylation is 2. The third-order valence-electron chi connectivity index (χ3n) is 4.99. The summed E-state index contributed by atoms with van der Waals surface area (Å²) in [4.78, 5) is 21.2. The molecule has 1 amide bonds. The first-order chi connectivity index (χ1) is 12.1. The highest BCUT2D eigenvalue weighted by Crippen LogP contribution is 2.27. The molecule has 1 fully saturated rings. The number of hydrogen-bond donors (Lipinski definition) is 2. The molecule has 2 heterocycles. The largest absolute Gasteiger partial charge is 0.396 e. The van der Waals surface area contributed by atoms with Crippen LogP contribution in [0.4, 0.5) is 0 Å². The molecule has 1 aliphatic rings. The number of nitrogens with zero attached hydrogens (tertiary/aromatic N) is 4. The molecular weight excluding hydrogens is 318 g/mol. The van der Waals surface area contributed by atoms with Gasteiger partial charge in [0.25, 0.3) is 5.78 Å². The first-order valence-electron chi connectivity index (χ1n) is 9.17. The Kier molecular flexibility index (Phi) is 5.63. The molecular formula is C18H27N5O2. The zero-order valence-corrected chi connectivity index (χ0v) is 15.0. The van der Waals surface area contributed by atoms with E-state index in [9.17, 15) is 9.90 Å². The maximum absolute atomic E-state index is 12.5. The van der Waals surface area contributed by atoms with Gasteiger partial charge in [-0.25, -0.2) is 9.50 Å². The molecule has 7 heteroatoms. The fraction of sp³-hybridized carbons (Fsp3) is 0.667. The van der Waals surface area contributed by atoms with Crippen LogP contribution in [-0.2, 0) is 11.2 Å². The van der Waals surface area contributed by atoms with Crippen molar-refractivity contribution in [2.75, 3.05) is 6.61 Å². The maximum Gasteiger partial charge on any atom is 0.252 e. The van der Waals surface area contributed by atoms with Gasteiger partial charge in [0.15, 0.2) is 5.82 Å². The summed E-state index contributed by atoms with van der Waals surface area (Å²) in [6.45, 7) is 3.95. The summed E-state index contributed by atoms with van der Waals surface area (Å²) in [5.74, 6) is 1.38. The molecule has 7 nitrogen and oxygen atoms in total. The maximum atomic E-state index is 12.5. The van der Waals surface area contributed by atoms with Gasteiger partial charge in [-0.15, -0.1) is 5.10 Å². The highest BCUT2D eigenvalue weighted by atomic mass is 16.3. The minimum absolute atomic E-state index is 0.0388. The second-order valence-corrected chi connectivity index (χ2v) is 7.04. The number of aromatic nitrogens is 4. The molecule has 3 rings (SSSR count). The lowest BCUT2D eigenvalue weighted by atomic mass is 9.82. The average molecular weight is 345 g/mol. The minimum atomic E-state index is -0.0886. The van der Waals surface area contributed by atoms with Gasteiger partial charge >= 0.3 is 0 Å². The normalized spacial score (nSPS) is 16.9. The Bertz CT molecular complexity index is 736. The molecule has 0 radical (unpaired) electrons. The summed E-state index contributed by atoms with van der Waals surface area (Å²) < 4.78 is 1.67. The number of carbonyl (C=O) groups is 1. The van der Waals surface area contributed by atoms with Gasteiger partial charge in [0.2, 0.25) is 5.91 Å². The quantitative estimate of drug-likeness (QED) is 0.832. The van der Waals surface area contributed by atoms with Crippen molar-refractivity contribution in [2.45, 2.75) is 64.8 Å². The third kappa shape index (κ3) is 4.34. The van der Waals surface area contributed by atoms with Gasteiger partial charge in [-0.1, -0.05) is 19.3 Å². The lowest BCUT2D eigenvalue weighted by Crippen LogP contribution is -2.42. The number of amides is 1. The van der Waals surface area contributed by atoms with E-state index in [0.717, 1.165) is 24.2 Å². The summed E-state index contributed by atoms with van der Waals surface area (Å²) >= 11 is 0. The van der Waals surface area contributed by atoms with Crippen LogP contribution >= 0.6 is 0 Å². The third-order valence-corrected chi connectivity index (χ3v) is 4.99. The summed E-state index contributed by atoms with van der Waals surface area (Å²) in [7, 11) is 0. The van der Waals surface area contributed by atoms with Crippen LogP contribution in [0, 0.1) is 19.8 Å². The molecule has 1 unspecified atom stereocenters. The van der Waals surface area contributed by atoms with Crippen LogP contribution in [-0.4, -0.2) is 43.2 Å². The van der Waals surface area contributed by atoms with Gasteiger partial charge in [0, 0.05) is 24.0 Å². The van der Waals surface area contributed by atoms with Gasteiger partial charge in [-0.05, 0) is 45.1 Å². The standard InChI is InChI=1S/C18H27N5O2/c1-12-10-13(2)23-18(19-12)21-16(22-23)11-17(25)20-15(8-9-24)14-6-4-3-5-7-14/h10,14-15,24H,3-9,11H2,1-2H3,(H,20,25). The van der Waals surface area contributed by atoms with E-state index in [1.165, 1.54) is 19.3 Å². The zero-order chi connectivity index (χ0) is 17.8. The van der Waals surface area contributed by atoms with Crippen molar-refractivity contribution in [1.29, 1.82) is 0 Å². The van der Waals surface area contributed by atoms with Crippen molar-refractivity contribution in [2.24, 2.45) is 5.92 Å². The lowest BCUT2D eigenvalue weighted by Gasteiger charge is -2.30. The number of nitrogens with one attached hydrogen (secondary N) is 1.